The van der Waals surface area contributed by atoms with Crippen molar-refractivity contribution >= 4 is 5.91 Å². The minimum Gasteiger partial charge on any atom is -0.269 e. The van der Waals surface area contributed by atoms with E-state index in [9.17, 15) is 9.70 Å². The summed E-state index contributed by atoms with van der Waals surface area (Å²) in [5, 5.41) is 2.34. The maximum absolute atomic E-state index is 10.5. The third-order valence-corrected chi connectivity index (χ3v) is 2.05. The highest BCUT2D eigenvalue weighted by Crippen LogP contribution is 2.06. The van der Waals surface area contributed by atoms with E-state index in [-0.39, 0.29) is 6.42 Å². The van der Waals surface area contributed by atoms with Crippen LogP contribution in [0.1, 0.15) is 24.8 Å². The van der Waals surface area contributed by atoms with E-state index in [4.69, 9.17) is 0 Å². The molecule has 0 aromatic heterocycles. The number of rotatable bonds is 5. The van der Waals surface area contributed by atoms with E-state index in [1.165, 1.54) is 5.56 Å². The van der Waals surface area contributed by atoms with E-state index in [1.807, 2.05) is 18.2 Å². The Morgan fingerprint density at radius 1 is 1.14 bits per heavy atom. The second-order valence-corrected chi connectivity index (χ2v) is 3.18. The molecule has 1 rings (SSSR count). The lowest BCUT2D eigenvalue weighted by molar-refractivity contribution is -0.118. The van der Waals surface area contributed by atoms with Crippen molar-refractivity contribution in [3.63, 3.8) is 0 Å². The third-order valence-electron chi connectivity index (χ3n) is 2.05. The molecule has 0 aliphatic rings. The minimum atomic E-state index is -0.543. The van der Waals surface area contributed by atoms with E-state index in [2.05, 4.69) is 17.3 Å². The van der Waals surface area contributed by atoms with Gasteiger partial charge in [-0.1, -0.05) is 30.3 Å². The Bertz CT molecular complexity index is 295. The van der Waals surface area contributed by atoms with Gasteiger partial charge in [0.15, 0.2) is 0 Å². The molecule has 0 N–H and O–H groups in total. The predicted octanol–water partition coefficient (Wildman–Crippen LogP) is 2.69. The zero-order valence-electron chi connectivity index (χ0n) is 7.98. The van der Waals surface area contributed by atoms with Crippen LogP contribution in [-0.2, 0) is 11.2 Å². The standard InChI is InChI=1S/C11H13NO2/c13-11(12-14)9-5-4-8-10-6-2-1-3-7-10/h1-3,6-7H,4-5,8-9H2. The summed E-state index contributed by atoms with van der Waals surface area (Å²) in [6, 6.07) is 10.1. The van der Waals surface area contributed by atoms with Gasteiger partial charge in [-0.05, 0) is 24.8 Å². The highest BCUT2D eigenvalue weighted by Gasteiger charge is 1.99. The number of unbranched alkanes of at least 4 members (excludes halogenated alkanes) is 1. The molecule has 0 spiro atoms. The van der Waals surface area contributed by atoms with Crippen molar-refractivity contribution in [2.24, 2.45) is 5.18 Å². The molecule has 1 amide bonds. The first-order valence-corrected chi connectivity index (χ1v) is 4.73. The topological polar surface area (TPSA) is 46.5 Å². The van der Waals surface area contributed by atoms with Crippen LogP contribution < -0.4 is 0 Å². The van der Waals surface area contributed by atoms with Crippen molar-refractivity contribution in [1.29, 1.82) is 0 Å². The van der Waals surface area contributed by atoms with E-state index < -0.39 is 5.91 Å². The van der Waals surface area contributed by atoms with Crippen molar-refractivity contribution in [1.82, 2.24) is 0 Å². The van der Waals surface area contributed by atoms with E-state index in [0.717, 1.165) is 19.3 Å². The molecule has 0 fully saturated rings. The Kier molecular flexibility index (Phi) is 4.55. The van der Waals surface area contributed by atoms with Gasteiger partial charge in [-0.25, -0.2) is 0 Å². The van der Waals surface area contributed by atoms with Crippen LogP contribution in [0.3, 0.4) is 0 Å². The van der Waals surface area contributed by atoms with Gasteiger partial charge in [0, 0.05) is 11.6 Å². The quantitative estimate of drug-likeness (QED) is 0.530. The number of amides is 1. The predicted molar refractivity (Wildman–Crippen MR) is 54.8 cm³/mol. The van der Waals surface area contributed by atoms with Crippen LogP contribution in [0.15, 0.2) is 35.5 Å². The Labute approximate surface area is 83.1 Å². The normalized spacial score (nSPS) is 9.71. The van der Waals surface area contributed by atoms with Crippen molar-refractivity contribution in [2.45, 2.75) is 25.7 Å². The zero-order chi connectivity index (χ0) is 10.2. The van der Waals surface area contributed by atoms with Crippen LogP contribution in [0.5, 0.6) is 0 Å². The molecule has 0 saturated heterocycles. The number of nitroso groups, excluding NO2 is 1. The van der Waals surface area contributed by atoms with Gasteiger partial charge >= 0.3 is 0 Å². The largest absolute Gasteiger partial charge is 0.286 e. The molecular formula is C11H13NO2. The Hall–Kier alpha value is -1.51. The first kappa shape index (κ1) is 10.6. The number of hydrogen-bond donors (Lipinski definition) is 0. The maximum Gasteiger partial charge on any atom is 0.286 e. The van der Waals surface area contributed by atoms with Crippen molar-refractivity contribution in [2.75, 3.05) is 0 Å². The molecule has 0 heterocycles. The second-order valence-electron chi connectivity index (χ2n) is 3.18. The van der Waals surface area contributed by atoms with Gasteiger partial charge in [0.2, 0.25) is 0 Å². The molecule has 0 unspecified atom stereocenters. The number of nitrogens with zero attached hydrogens (tertiary/aromatic N) is 1. The molecule has 14 heavy (non-hydrogen) atoms. The van der Waals surface area contributed by atoms with Gasteiger partial charge in [-0.3, -0.25) is 4.79 Å². The molecule has 74 valence electrons. The number of aryl methyl sites for hydroxylation is 1. The van der Waals surface area contributed by atoms with Gasteiger partial charge in [-0.15, -0.1) is 4.91 Å². The minimum absolute atomic E-state index is 0.274. The fourth-order valence-electron chi connectivity index (χ4n) is 1.30. The summed E-state index contributed by atoms with van der Waals surface area (Å²) < 4.78 is 0. The van der Waals surface area contributed by atoms with Crippen LogP contribution in [0, 0.1) is 4.91 Å². The average Bonchev–Trinajstić information content (AvgIpc) is 2.25. The molecule has 3 heteroatoms. The molecule has 1 aromatic carbocycles. The molecule has 0 bridgehead atoms. The van der Waals surface area contributed by atoms with Crippen LogP contribution in [-0.4, -0.2) is 5.91 Å². The number of carbonyl (C=O) groups is 1. The van der Waals surface area contributed by atoms with Crippen molar-refractivity contribution < 1.29 is 4.79 Å². The number of benzene rings is 1. The lowest BCUT2D eigenvalue weighted by Gasteiger charge is -1.98. The zero-order valence-corrected chi connectivity index (χ0v) is 7.98. The third kappa shape index (κ3) is 3.94. The smallest absolute Gasteiger partial charge is 0.269 e. The average molecular weight is 191 g/mol. The van der Waals surface area contributed by atoms with Crippen molar-refractivity contribution in [3.05, 3.63) is 40.8 Å². The molecular weight excluding hydrogens is 178 g/mol. The second kappa shape index (κ2) is 6.02. The summed E-state index contributed by atoms with van der Waals surface area (Å²) in [5.41, 5.74) is 1.26. The lowest BCUT2D eigenvalue weighted by atomic mass is 10.1. The highest BCUT2D eigenvalue weighted by molar-refractivity contribution is 5.76. The first-order valence-electron chi connectivity index (χ1n) is 4.73. The molecule has 1 aromatic rings. The number of carbonyl (C=O) groups excluding carboxylic acids is 1. The summed E-state index contributed by atoms with van der Waals surface area (Å²) in [6.45, 7) is 0. The van der Waals surface area contributed by atoms with Crippen LogP contribution in [0.4, 0.5) is 0 Å². The highest BCUT2D eigenvalue weighted by atomic mass is 16.3. The number of hydrogen-bond acceptors (Lipinski definition) is 2. The Morgan fingerprint density at radius 2 is 1.86 bits per heavy atom. The maximum atomic E-state index is 10.5. The van der Waals surface area contributed by atoms with E-state index in [1.54, 1.807) is 0 Å². The van der Waals surface area contributed by atoms with E-state index >= 15 is 0 Å². The lowest BCUT2D eigenvalue weighted by Crippen LogP contribution is -1.92. The van der Waals surface area contributed by atoms with Crippen LogP contribution in [0.25, 0.3) is 0 Å². The van der Waals surface area contributed by atoms with Gasteiger partial charge in [-0.2, -0.15) is 0 Å². The summed E-state index contributed by atoms with van der Waals surface area (Å²) in [4.78, 5) is 20.3. The van der Waals surface area contributed by atoms with Crippen molar-refractivity contribution in [3.8, 4) is 0 Å². The molecule has 0 aliphatic heterocycles. The SMILES string of the molecule is O=NC(=O)CCCCc1ccccc1. The molecule has 0 aliphatic carbocycles. The first-order chi connectivity index (χ1) is 6.83. The van der Waals surface area contributed by atoms with Crippen LogP contribution in [0.2, 0.25) is 0 Å². The summed E-state index contributed by atoms with van der Waals surface area (Å²) in [7, 11) is 0. The van der Waals surface area contributed by atoms with Gasteiger partial charge < -0.3 is 0 Å². The fourth-order valence-corrected chi connectivity index (χ4v) is 1.30. The molecule has 0 saturated carbocycles. The van der Waals surface area contributed by atoms with Gasteiger partial charge in [0.1, 0.15) is 0 Å². The molecule has 0 radical (unpaired) electrons. The monoisotopic (exact) mass is 191 g/mol. The van der Waals surface area contributed by atoms with Gasteiger partial charge in [0.05, 0.1) is 0 Å². The fraction of sp³-hybridized carbons (Fsp3) is 0.364. The van der Waals surface area contributed by atoms with E-state index in [0.29, 0.717) is 0 Å². The summed E-state index contributed by atoms with van der Waals surface area (Å²) in [5.74, 6) is -0.543. The van der Waals surface area contributed by atoms with Gasteiger partial charge in [0.25, 0.3) is 5.91 Å². The summed E-state index contributed by atoms with van der Waals surface area (Å²) in [6.07, 6.45) is 2.88. The Morgan fingerprint density at radius 3 is 2.50 bits per heavy atom. The molecule has 3 nitrogen and oxygen atoms in total. The summed E-state index contributed by atoms with van der Waals surface area (Å²) >= 11 is 0. The van der Waals surface area contributed by atoms with Crippen LogP contribution >= 0.6 is 0 Å². The Balaban J connectivity index is 2.16. The molecule has 0 atom stereocenters.